The summed E-state index contributed by atoms with van der Waals surface area (Å²) in [5.74, 6) is 0.435. The van der Waals surface area contributed by atoms with Crippen molar-refractivity contribution in [1.82, 2.24) is 9.80 Å². The van der Waals surface area contributed by atoms with Crippen LogP contribution < -0.4 is 4.74 Å². The summed E-state index contributed by atoms with van der Waals surface area (Å²) < 4.78 is 6.90. The van der Waals surface area contributed by atoms with Crippen LogP contribution in [0.2, 0.25) is 5.02 Å². The fourth-order valence-electron chi connectivity index (χ4n) is 4.20. The van der Waals surface area contributed by atoms with E-state index in [2.05, 4.69) is 27.4 Å². The number of thiophene rings is 1. The van der Waals surface area contributed by atoms with Crippen LogP contribution in [0.3, 0.4) is 0 Å². The Bertz CT molecular complexity index is 1210. The maximum absolute atomic E-state index is 13.7. The summed E-state index contributed by atoms with van der Waals surface area (Å²) in [6, 6.07) is 16.3. The van der Waals surface area contributed by atoms with Crippen LogP contribution >= 0.6 is 38.9 Å². The lowest BCUT2D eigenvalue weighted by atomic mass is 9.99. The minimum Gasteiger partial charge on any atom is -0.491 e. The first kappa shape index (κ1) is 25.7. The molecule has 0 fully saturated rings. The van der Waals surface area contributed by atoms with Crippen molar-refractivity contribution < 1.29 is 14.3 Å². The van der Waals surface area contributed by atoms with E-state index in [4.69, 9.17) is 16.3 Å². The second kappa shape index (κ2) is 10.7. The Hall–Kier alpha value is -2.35. The number of amides is 2. The van der Waals surface area contributed by atoms with Gasteiger partial charge in [0, 0.05) is 32.0 Å². The monoisotopic (exact) mass is 574 g/mol. The Balaban J connectivity index is 1.56. The van der Waals surface area contributed by atoms with Crippen molar-refractivity contribution >= 4 is 50.7 Å². The van der Waals surface area contributed by atoms with Gasteiger partial charge in [0.1, 0.15) is 18.9 Å². The molecular formula is C27H28BrClN2O3S. The summed E-state index contributed by atoms with van der Waals surface area (Å²) in [7, 11) is 0. The van der Waals surface area contributed by atoms with Gasteiger partial charge >= 0.3 is 0 Å². The van der Waals surface area contributed by atoms with Crippen LogP contribution in [0.15, 0.2) is 64.5 Å². The zero-order valence-corrected chi connectivity index (χ0v) is 23.1. The van der Waals surface area contributed by atoms with Gasteiger partial charge in [-0.3, -0.25) is 9.59 Å². The van der Waals surface area contributed by atoms with Crippen LogP contribution in [-0.2, 0) is 11.2 Å². The van der Waals surface area contributed by atoms with E-state index in [9.17, 15) is 9.59 Å². The van der Waals surface area contributed by atoms with Crippen LogP contribution in [0.1, 0.15) is 47.6 Å². The zero-order chi connectivity index (χ0) is 25.2. The zero-order valence-electron chi connectivity index (χ0n) is 20.0. The van der Waals surface area contributed by atoms with Gasteiger partial charge in [-0.1, -0.05) is 33.6 Å². The van der Waals surface area contributed by atoms with Crippen molar-refractivity contribution in [3.63, 3.8) is 0 Å². The number of ether oxygens (including phenoxy) is 1. The molecule has 2 amide bonds. The number of benzene rings is 2. The van der Waals surface area contributed by atoms with Gasteiger partial charge in [0.25, 0.3) is 5.91 Å². The fraction of sp³-hybridized carbons (Fsp3) is 0.333. The van der Waals surface area contributed by atoms with Crippen LogP contribution in [0.25, 0.3) is 0 Å². The van der Waals surface area contributed by atoms with Crippen molar-refractivity contribution in [2.24, 2.45) is 0 Å². The van der Waals surface area contributed by atoms with Gasteiger partial charge < -0.3 is 14.5 Å². The van der Waals surface area contributed by atoms with Gasteiger partial charge in [-0.25, -0.2) is 0 Å². The molecule has 35 heavy (non-hydrogen) atoms. The van der Waals surface area contributed by atoms with Gasteiger partial charge in [-0.05, 0) is 86.7 Å². The van der Waals surface area contributed by atoms with Crippen molar-refractivity contribution in [3.8, 4) is 5.75 Å². The molecule has 5 nitrogen and oxygen atoms in total. The lowest BCUT2D eigenvalue weighted by Crippen LogP contribution is -2.53. The third-order valence-electron chi connectivity index (χ3n) is 6.06. The molecule has 184 valence electrons. The van der Waals surface area contributed by atoms with Gasteiger partial charge in [-0.15, -0.1) is 11.3 Å². The highest BCUT2D eigenvalue weighted by Gasteiger charge is 2.36. The molecule has 1 aromatic heterocycles. The molecule has 2 heterocycles. The van der Waals surface area contributed by atoms with E-state index in [-0.39, 0.29) is 24.4 Å². The maximum atomic E-state index is 13.7. The molecule has 2 aromatic carbocycles. The average molecular weight is 576 g/mol. The molecule has 1 unspecified atom stereocenters. The molecule has 1 atom stereocenters. The first-order chi connectivity index (χ1) is 16.6. The molecule has 3 aromatic rings. The summed E-state index contributed by atoms with van der Waals surface area (Å²) in [5, 5.41) is 2.70. The van der Waals surface area contributed by atoms with Crippen molar-refractivity contribution in [2.45, 2.75) is 38.8 Å². The molecule has 1 aliphatic heterocycles. The highest BCUT2D eigenvalue weighted by molar-refractivity contribution is 9.10. The van der Waals surface area contributed by atoms with Crippen molar-refractivity contribution in [1.29, 1.82) is 0 Å². The highest BCUT2D eigenvalue weighted by atomic mass is 79.9. The number of carbonyl (C=O) groups excluding carboxylic acids is 2. The number of hydrogen-bond acceptors (Lipinski definition) is 4. The quantitative estimate of drug-likeness (QED) is 0.332. The lowest BCUT2D eigenvalue weighted by Gasteiger charge is -2.40. The molecule has 0 aliphatic carbocycles. The summed E-state index contributed by atoms with van der Waals surface area (Å²) in [4.78, 5) is 31.9. The second-order valence-electron chi connectivity index (χ2n) is 9.49. The Morgan fingerprint density at radius 1 is 1.17 bits per heavy atom. The van der Waals surface area contributed by atoms with E-state index in [1.54, 1.807) is 40.5 Å². The molecule has 0 saturated carbocycles. The van der Waals surface area contributed by atoms with Gasteiger partial charge in [0.15, 0.2) is 0 Å². The molecule has 1 aliphatic rings. The molecule has 4 rings (SSSR count). The van der Waals surface area contributed by atoms with E-state index in [1.165, 1.54) is 4.88 Å². The second-order valence-corrected chi connectivity index (χ2v) is 11.8. The Morgan fingerprint density at radius 2 is 1.91 bits per heavy atom. The maximum Gasteiger partial charge on any atom is 0.254 e. The summed E-state index contributed by atoms with van der Waals surface area (Å²) in [5.41, 5.74) is 1.13. The van der Waals surface area contributed by atoms with Crippen LogP contribution in [0.5, 0.6) is 5.75 Å². The van der Waals surface area contributed by atoms with E-state index >= 15 is 0 Å². The minimum atomic E-state index is -0.534. The van der Waals surface area contributed by atoms with E-state index < -0.39 is 5.54 Å². The van der Waals surface area contributed by atoms with E-state index in [1.807, 2.05) is 49.9 Å². The predicted octanol–water partition coefficient (Wildman–Crippen LogP) is 6.61. The SMILES string of the molecule is CC(C)(C)N(CC(=O)N1CCc2sccc2C1COc1ccc(Cl)cc1)C(=O)c1cccc(Br)c1. The van der Waals surface area contributed by atoms with Crippen LogP contribution in [0, 0.1) is 0 Å². The topological polar surface area (TPSA) is 49.9 Å². The Morgan fingerprint density at radius 3 is 2.60 bits per heavy atom. The summed E-state index contributed by atoms with van der Waals surface area (Å²) >= 11 is 11.1. The molecule has 0 bridgehead atoms. The Kier molecular flexibility index (Phi) is 7.89. The molecule has 8 heteroatoms. The molecule has 0 saturated heterocycles. The van der Waals surface area contributed by atoms with Gasteiger partial charge in [0.2, 0.25) is 5.91 Å². The van der Waals surface area contributed by atoms with Gasteiger partial charge in [-0.2, -0.15) is 0 Å². The van der Waals surface area contributed by atoms with Crippen molar-refractivity contribution in [2.75, 3.05) is 19.7 Å². The van der Waals surface area contributed by atoms with Crippen LogP contribution in [0.4, 0.5) is 0 Å². The average Bonchev–Trinajstić information content (AvgIpc) is 3.30. The normalized spacial score (nSPS) is 15.5. The number of halogens is 2. The smallest absolute Gasteiger partial charge is 0.254 e. The van der Waals surface area contributed by atoms with Crippen LogP contribution in [-0.4, -0.2) is 46.8 Å². The standard InChI is InChI=1S/C27H28BrClN2O3S/c1-27(2,3)31(26(33)18-5-4-6-19(28)15-18)16-25(32)30-13-11-24-22(12-14-35-24)23(30)17-34-21-9-7-20(29)8-10-21/h4-10,12,14-15,23H,11,13,16-17H2,1-3H3. The third-order valence-corrected chi connectivity index (χ3v) is 7.80. The molecular weight excluding hydrogens is 548 g/mol. The summed E-state index contributed by atoms with van der Waals surface area (Å²) in [6.07, 6.45) is 0.797. The fourth-order valence-corrected chi connectivity index (χ4v) is 5.65. The summed E-state index contributed by atoms with van der Waals surface area (Å²) in [6.45, 7) is 6.75. The molecule has 0 N–H and O–H groups in total. The number of fused-ring (bicyclic) bond motifs is 1. The first-order valence-electron chi connectivity index (χ1n) is 11.4. The van der Waals surface area contributed by atoms with Crippen molar-refractivity contribution in [3.05, 3.63) is 85.5 Å². The number of rotatable bonds is 6. The lowest BCUT2D eigenvalue weighted by molar-refractivity contribution is -0.136. The number of nitrogens with zero attached hydrogens (tertiary/aromatic N) is 2. The Labute approximate surface area is 223 Å². The van der Waals surface area contributed by atoms with E-state index in [0.717, 1.165) is 16.5 Å². The highest BCUT2D eigenvalue weighted by Crippen LogP contribution is 2.34. The third kappa shape index (κ3) is 6.08. The first-order valence-corrected chi connectivity index (χ1v) is 13.5. The number of hydrogen-bond donors (Lipinski definition) is 0. The largest absolute Gasteiger partial charge is 0.491 e. The minimum absolute atomic E-state index is 0.00817. The predicted molar refractivity (Wildman–Crippen MR) is 144 cm³/mol. The van der Waals surface area contributed by atoms with E-state index in [0.29, 0.717) is 29.5 Å². The molecule has 0 radical (unpaired) electrons. The number of carbonyl (C=O) groups is 2. The molecule has 0 spiro atoms. The van der Waals surface area contributed by atoms with Gasteiger partial charge in [0.05, 0.1) is 6.04 Å².